The molecular weight excluding hydrogens is 379 g/mol. The molecule has 1 unspecified atom stereocenters. The summed E-state index contributed by atoms with van der Waals surface area (Å²) in [5, 5.41) is 1.40. The summed E-state index contributed by atoms with van der Waals surface area (Å²) in [6, 6.07) is 13.8. The van der Waals surface area contributed by atoms with E-state index in [1.165, 1.54) is 17.4 Å². The van der Waals surface area contributed by atoms with E-state index < -0.39 is 17.7 Å². The van der Waals surface area contributed by atoms with Gasteiger partial charge in [-0.3, -0.25) is 9.59 Å². The number of fused-ring (bicyclic) bond motifs is 2. The number of rotatable bonds is 5. The lowest BCUT2D eigenvalue weighted by Gasteiger charge is -2.14. The quantitative estimate of drug-likeness (QED) is 0.514. The van der Waals surface area contributed by atoms with Gasteiger partial charge in [0.15, 0.2) is 0 Å². The maximum atomic E-state index is 14.0. The first-order chi connectivity index (χ1) is 13.6. The lowest BCUT2D eigenvalue weighted by atomic mass is 9.96. The summed E-state index contributed by atoms with van der Waals surface area (Å²) in [6.07, 6.45) is 0.166. The van der Waals surface area contributed by atoms with Crippen molar-refractivity contribution >= 4 is 38.4 Å². The minimum Gasteiger partial charge on any atom is -0.466 e. The summed E-state index contributed by atoms with van der Waals surface area (Å²) in [5.41, 5.74) is 0.944. The highest BCUT2D eigenvalue weighted by Gasteiger charge is 2.27. The molecule has 2 aromatic heterocycles. The van der Waals surface area contributed by atoms with Crippen LogP contribution in [0.5, 0.6) is 0 Å². The lowest BCUT2D eigenvalue weighted by molar-refractivity contribution is -0.145. The molecule has 7 heteroatoms. The van der Waals surface area contributed by atoms with Gasteiger partial charge in [0, 0.05) is 17.5 Å². The number of aromatic amines is 1. The normalized spacial score (nSPS) is 12.4. The second-order valence-electron chi connectivity index (χ2n) is 6.34. The van der Waals surface area contributed by atoms with E-state index in [2.05, 4.69) is 9.97 Å². The molecule has 1 N–H and O–H groups in total. The molecular formula is C21H17FN2O3S. The van der Waals surface area contributed by atoms with Crippen LogP contribution >= 0.6 is 11.3 Å². The number of carbonyl (C=O) groups is 1. The predicted molar refractivity (Wildman–Crippen MR) is 107 cm³/mol. The van der Waals surface area contributed by atoms with Gasteiger partial charge >= 0.3 is 5.97 Å². The van der Waals surface area contributed by atoms with Crippen molar-refractivity contribution in [1.29, 1.82) is 0 Å². The van der Waals surface area contributed by atoms with E-state index >= 15 is 0 Å². The number of pyridine rings is 1. The second-order valence-corrected chi connectivity index (χ2v) is 7.46. The van der Waals surface area contributed by atoms with Gasteiger partial charge in [0.1, 0.15) is 11.3 Å². The minimum absolute atomic E-state index is 0.166. The Morgan fingerprint density at radius 3 is 2.86 bits per heavy atom. The van der Waals surface area contributed by atoms with E-state index in [1.54, 1.807) is 31.2 Å². The summed E-state index contributed by atoms with van der Waals surface area (Å²) >= 11 is 1.31. The third-order valence-electron chi connectivity index (χ3n) is 4.52. The van der Waals surface area contributed by atoms with Gasteiger partial charge in [0.2, 0.25) is 0 Å². The number of carbonyl (C=O) groups excluding carboxylic acids is 1. The first kappa shape index (κ1) is 18.3. The second kappa shape index (κ2) is 7.52. The summed E-state index contributed by atoms with van der Waals surface area (Å²) in [6.45, 7) is 1.92. The number of ether oxygens (including phenoxy) is 1. The monoisotopic (exact) mass is 396 g/mol. The highest BCUT2D eigenvalue weighted by atomic mass is 32.1. The smallest absolute Gasteiger partial charge is 0.314 e. The standard InChI is InChI=1S/C21H17FN2O3S/c1-2-27-21(26)14(11-18-24-19-15(22)7-5-9-17(19)28-18)13-10-12-6-3-4-8-16(12)23-20(13)25/h3-10,14H,2,11H2,1H3,(H,23,25). The molecule has 4 aromatic rings. The van der Waals surface area contributed by atoms with Crippen molar-refractivity contribution in [3.63, 3.8) is 0 Å². The maximum absolute atomic E-state index is 14.0. The molecule has 5 nitrogen and oxygen atoms in total. The summed E-state index contributed by atoms with van der Waals surface area (Å²) < 4.78 is 19.9. The molecule has 0 aliphatic heterocycles. The molecule has 0 fully saturated rings. The molecule has 0 saturated carbocycles. The van der Waals surface area contributed by atoms with Crippen LogP contribution in [0, 0.1) is 5.82 Å². The molecule has 0 bridgehead atoms. The van der Waals surface area contributed by atoms with Crippen LogP contribution in [0.1, 0.15) is 23.4 Å². The van der Waals surface area contributed by atoms with E-state index in [0.29, 0.717) is 20.8 Å². The van der Waals surface area contributed by atoms with Gasteiger partial charge in [-0.2, -0.15) is 0 Å². The Balaban J connectivity index is 1.79. The number of thiazole rings is 1. The minimum atomic E-state index is -0.822. The van der Waals surface area contributed by atoms with Crippen LogP contribution in [0.4, 0.5) is 4.39 Å². The van der Waals surface area contributed by atoms with E-state index in [-0.39, 0.29) is 24.1 Å². The van der Waals surface area contributed by atoms with Crippen molar-refractivity contribution in [2.45, 2.75) is 19.3 Å². The third kappa shape index (κ3) is 3.41. The highest BCUT2D eigenvalue weighted by Crippen LogP contribution is 2.29. The van der Waals surface area contributed by atoms with Crippen molar-refractivity contribution in [3.8, 4) is 0 Å². The van der Waals surface area contributed by atoms with E-state index in [0.717, 1.165) is 5.39 Å². The molecule has 0 aliphatic rings. The van der Waals surface area contributed by atoms with Crippen LogP contribution in [0.2, 0.25) is 0 Å². The number of benzene rings is 2. The summed E-state index contributed by atoms with van der Waals surface area (Å²) in [5.74, 6) is -1.73. The van der Waals surface area contributed by atoms with Crippen LogP contribution < -0.4 is 5.56 Å². The average molecular weight is 396 g/mol. The first-order valence-electron chi connectivity index (χ1n) is 8.89. The average Bonchev–Trinajstić information content (AvgIpc) is 3.10. The number of aromatic nitrogens is 2. The number of hydrogen-bond acceptors (Lipinski definition) is 5. The third-order valence-corrected chi connectivity index (χ3v) is 5.56. The molecule has 0 aliphatic carbocycles. The first-order valence-corrected chi connectivity index (χ1v) is 9.71. The molecule has 0 radical (unpaired) electrons. The number of nitrogens with one attached hydrogen (secondary N) is 1. The Hall–Kier alpha value is -3.06. The van der Waals surface area contributed by atoms with Crippen LogP contribution in [-0.4, -0.2) is 22.5 Å². The molecule has 2 aromatic carbocycles. The Labute approximate surface area is 163 Å². The topological polar surface area (TPSA) is 72.0 Å². The zero-order chi connectivity index (χ0) is 19.7. The zero-order valence-electron chi connectivity index (χ0n) is 15.1. The number of nitrogens with zero attached hydrogens (tertiary/aromatic N) is 1. The summed E-state index contributed by atoms with van der Waals surface area (Å²) in [7, 11) is 0. The van der Waals surface area contributed by atoms with Gasteiger partial charge in [-0.15, -0.1) is 11.3 Å². The molecule has 4 rings (SSSR count). The number of hydrogen-bond donors (Lipinski definition) is 1. The van der Waals surface area contributed by atoms with Gasteiger partial charge in [-0.1, -0.05) is 24.3 Å². The maximum Gasteiger partial charge on any atom is 0.314 e. The van der Waals surface area contributed by atoms with Crippen LogP contribution in [0.25, 0.3) is 21.1 Å². The number of H-pyrrole nitrogens is 1. The fraction of sp³-hybridized carbons (Fsp3) is 0.190. The highest BCUT2D eigenvalue weighted by molar-refractivity contribution is 7.18. The Bertz CT molecular complexity index is 1230. The van der Waals surface area contributed by atoms with Crippen LogP contribution in [-0.2, 0) is 16.0 Å². The number of esters is 1. The van der Waals surface area contributed by atoms with E-state index in [9.17, 15) is 14.0 Å². The molecule has 0 saturated heterocycles. The number of para-hydroxylation sites is 2. The van der Waals surface area contributed by atoms with Crippen molar-refractivity contribution in [2.75, 3.05) is 6.61 Å². The largest absolute Gasteiger partial charge is 0.466 e. The van der Waals surface area contributed by atoms with Crippen molar-refractivity contribution in [3.05, 3.63) is 75.3 Å². The van der Waals surface area contributed by atoms with Gasteiger partial charge in [-0.25, -0.2) is 9.37 Å². The molecule has 28 heavy (non-hydrogen) atoms. The van der Waals surface area contributed by atoms with E-state index in [4.69, 9.17) is 4.74 Å². The fourth-order valence-corrected chi connectivity index (χ4v) is 4.24. The molecule has 1 atom stereocenters. The number of halogens is 1. The van der Waals surface area contributed by atoms with E-state index in [1.807, 2.05) is 18.2 Å². The van der Waals surface area contributed by atoms with Crippen LogP contribution in [0.15, 0.2) is 53.3 Å². The summed E-state index contributed by atoms with van der Waals surface area (Å²) in [4.78, 5) is 32.5. The van der Waals surface area contributed by atoms with Crippen molar-refractivity contribution in [1.82, 2.24) is 9.97 Å². The Kier molecular flexibility index (Phi) is 4.92. The Morgan fingerprint density at radius 2 is 2.07 bits per heavy atom. The van der Waals surface area contributed by atoms with Gasteiger partial charge in [0.25, 0.3) is 5.56 Å². The fourth-order valence-electron chi connectivity index (χ4n) is 3.21. The predicted octanol–water partition coefficient (Wildman–Crippen LogP) is 4.17. The Morgan fingerprint density at radius 1 is 1.25 bits per heavy atom. The molecule has 0 amide bonds. The molecule has 0 spiro atoms. The zero-order valence-corrected chi connectivity index (χ0v) is 15.9. The van der Waals surface area contributed by atoms with Gasteiger partial charge in [-0.05, 0) is 36.6 Å². The van der Waals surface area contributed by atoms with Crippen LogP contribution in [0.3, 0.4) is 0 Å². The van der Waals surface area contributed by atoms with Crippen molar-refractivity contribution in [2.24, 2.45) is 0 Å². The van der Waals surface area contributed by atoms with Crippen molar-refractivity contribution < 1.29 is 13.9 Å². The van der Waals surface area contributed by atoms with Gasteiger partial charge < -0.3 is 9.72 Å². The molecule has 142 valence electrons. The van der Waals surface area contributed by atoms with Gasteiger partial charge in [0.05, 0.1) is 22.2 Å². The molecule has 2 heterocycles. The lowest BCUT2D eigenvalue weighted by Crippen LogP contribution is -2.25. The SMILES string of the molecule is CCOC(=O)C(Cc1nc2c(F)cccc2s1)c1cc2ccccc2[nH]c1=O.